The Morgan fingerprint density at radius 3 is 2.53 bits per heavy atom. The SMILES string of the molecule is CCCC[C@H](C=O)[C@@H](O)C(=O)c1ccccc1. The molecule has 2 atom stereocenters. The number of unbranched alkanes of at least 4 members (excludes halogenated alkanes) is 1. The van der Waals surface area contributed by atoms with Crippen LogP contribution in [0.15, 0.2) is 30.3 Å². The quantitative estimate of drug-likeness (QED) is 0.581. The maximum Gasteiger partial charge on any atom is 0.191 e. The van der Waals surface area contributed by atoms with E-state index in [0.717, 1.165) is 12.8 Å². The number of carbonyl (C=O) groups is 2. The lowest BCUT2D eigenvalue weighted by atomic mass is 9.92. The fourth-order valence-electron chi connectivity index (χ4n) is 1.71. The highest BCUT2D eigenvalue weighted by Gasteiger charge is 2.25. The van der Waals surface area contributed by atoms with Crippen LogP contribution in [0.4, 0.5) is 0 Å². The Labute approximate surface area is 101 Å². The monoisotopic (exact) mass is 234 g/mol. The summed E-state index contributed by atoms with van der Waals surface area (Å²) in [6, 6.07) is 8.57. The van der Waals surface area contributed by atoms with E-state index in [1.165, 1.54) is 0 Å². The Morgan fingerprint density at radius 1 is 1.35 bits per heavy atom. The summed E-state index contributed by atoms with van der Waals surface area (Å²) in [6.07, 6.45) is 1.79. The number of Topliss-reactive ketones (excluding diaryl/α,β-unsaturated/α-hetero) is 1. The Balaban J connectivity index is 2.70. The average molecular weight is 234 g/mol. The van der Waals surface area contributed by atoms with Gasteiger partial charge >= 0.3 is 0 Å². The number of benzene rings is 1. The molecule has 92 valence electrons. The van der Waals surface area contributed by atoms with Crippen LogP contribution >= 0.6 is 0 Å². The maximum absolute atomic E-state index is 11.9. The molecule has 1 aromatic carbocycles. The molecule has 3 nitrogen and oxygen atoms in total. The van der Waals surface area contributed by atoms with Crippen molar-refractivity contribution in [1.82, 2.24) is 0 Å². The Bertz CT molecular complexity index is 359. The van der Waals surface area contributed by atoms with Crippen molar-refractivity contribution in [2.24, 2.45) is 5.92 Å². The highest BCUT2D eigenvalue weighted by Crippen LogP contribution is 2.15. The van der Waals surface area contributed by atoms with Gasteiger partial charge in [0.2, 0.25) is 0 Å². The van der Waals surface area contributed by atoms with E-state index >= 15 is 0 Å². The summed E-state index contributed by atoms with van der Waals surface area (Å²) in [5.74, 6) is -0.971. The van der Waals surface area contributed by atoms with Crippen molar-refractivity contribution in [2.75, 3.05) is 0 Å². The second-order valence-corrected chi connectivity index (χ2v) is 4.12. The third-order valence-electron chi connectivity index (χ3n) is 2.80. The molecule has 1 N–H and O–H groups in total. The number of carbonyl (C=O) groups excluding carboxylic acids is 2. The zero-order valence-electron chi connectivity index (χ0n) is 10.0. The first-order valence-electron chi connectivity index (χ1n) is 5.93. The molecule has 0 aliphatic carbocycles. The van der Waals surface area contributed by atoms with Gasteiger partial charge in [-0.2, -0.15) is 0 Å². The molecule has 0 spiro atoms. The standard InChI is InChI=1S/C14H18O3/c1-2-3-7-12(10-15)14(17)13(16)11-8-5-4-6-9-11/h4-6,8-10,12,14,17H,2-3,7H2,1H3/t12-,14-/m1/s1. The predicted molar refractivity (Wildman–Crippen MR) is 65.9 cm³/mol. The van der Waals surface area contributed by atoms with Crippen molar-refractivity contribution in [1.29, 1.82) is 0 Å². The number of ketones is 1. The molecule has 17 heavy (non-hydrogen) atoms. The molecule has 3 heteroatoms. The second-order valence-electron chi connectivity index (χ2n) is 4.12. The van der Waals surface area contributed by atoms with Gasteiger partial charge in [-0.15, -0.1) is 0 Å². The van der Waals surface area contributed by atoms with E-state index in [4.69, 9.17) is 0 Å². The molecule has 0 heterocycles. The molecular formula is C14H18O3. The minimum absolute atomic E-state index is 0.376. The molecule has 1 rings (SSSR count). The van der Waals surface area contributed by atoms with Gasteiger partial charge in [0, 0.05) is 11.5 Å². The van der Waals surface area contributed by atoms with Crippen molar-refractivity contribution in [3.8, 4) is 0 Å². The van der Waals surface area contributed by atoms with Crippen LogP contribution in [0.3, 0.4) is 0 Å². The van der Waals surface area contributed by atoms with Gasteiger partial charge in [-0.1, -0.05) is 50.1 Å². The topological polar surface area (TPSA) is 54.4 Å². The lowest BCUT2D eigenvalue weighted by Crippen LogP contribution is -2.30. The third-order valence-corrected chi connectivity index (χ3v) is 2.80. The van der Waals surface area contributed by atoms with Crippen LogP contribution in [-0.2, 0) is 4.79 Å². The van der Waals surface area contributed by atoms with Gasteiger partial charge in [-0.05, 0) is 6.42 Å². The van der Waals surface area contributed by atoms with Crippen LogP contribution in [0.25, 0.3) is 0 Å². The minimum atomic E-state index is -1.22. The Kier molecular flexibility index (Phi) is 5.57. The molecule has 1 aromatic rings. The number of aliphatic hydroxyl groups excluding tert-OH is 1. The van der Waals surface area contributed by atoms with E-state index in [9.17, 15) is 14.7 Å². The molecule has 0 radical (unpaired) electrons. The Morgan fingerprint density at radius 2 is 2.00 bits per heavy atom. The molecule has 0 amide bonds. The first-order chi connectivity index (χ1) is 8.20. The maximum atomic E-state index is 11.9. The van der Waals surface area contributed by atoms with Crippen LogP contribution in [-0.4, -0.2) is 23.3 Å². The van der Waals surface area contributed by atoms with Crippen molar-refractivity contribution in [3.05, 3.63) is 35.9 Å². The number of rotatable bonds is 7. The lowest BCUT2D eigenvalue weighted by Gasteiger charge is -2.16. The summed E-state index contributed by atoms with van der Waals surface area (Å²) in [7, 11) is 0. The fourth-order valence-corrected chi connectivity index (χ4v) is 1.71. The number of aliphatic hydroxyl groups is 1. The summed E-state index contributed by atoms with van der Waals surface area (Å²) < 4.78 is 0. The molecule has 0 saturated heterocycles. The van der Waals surface area contributed by atoms with Gasteiger partial charge in [0.1, 0.15) is 12.4 Å². The van der Waals surface area contributed by atoms with Crippen molar-refractivity contribution < 1.29 is 14.7 Å². The van der Waals surface area contributed by atoms with Crippen LogP contribution in [0.2, 0.25) is 0 Å². The van der Waals surface area contributed by atoms with E-state index in [2.05, 4.69) is 0 Å². The zero-order chi connectivity index (χ0) is 12.7. The number of hydrogen-bond donors (Lipinski definition) is 1. The van der Waals surface area contributed by atoms with Crippen LogP contribution < -0.4 is 0 Å². The van der Waals surface area contributed by atoms with Gasteiger partial charge in [-0.25, -0.2) is 0 Å². The molecule has 0 aliphatic heterocycles. The minimum Gasteiger partial charge on any atom is -0.384 e. The van der Waals surface area contributed by atoms with Crippen LogP contribution in [0.1, 0.15) is 36.5 Å². The molecule has 0 bridgehead atoms. The second kappa shape index (κ2) is 6.97. The van der Waals surface area contributed by atoms with E-state index in [1.807, 2.05) is 6.92 Å². The molecule has 0 aliphatic rings. The van der Waals surface area contributed by atoms with E-state index in [-0.39, 0.29) is 5.78 Å². The van der Waals surface area contributed by atoms with Gasteiger partial charge in [0.05, 0.1) is 0 Å². The van der Waals surface area contributed by atoms with Gasteiger partial charge < -0.3 is 9.90 Å². The number of hydrogen-bond acceptors (Lipinski definition) is 3. The molecule has 0 saturated carbocycles. The predicted octanol–water partition coefficient (Wildman–Crippen LogP) is 2.24. The van der Waals surface area contributed by atoms with E-state index < -0.39 is 12.0 Å². The zero-order valence-corrected chi connectivity index (χ0v) is 10.0. The summed E-state index contributed by atoms with van der Waals surface area (Å²) in [5.41, 5.74) is 0.448. The lowest BCUT2D eigenvalue weighted by molar-refractivity contribution is -0.113. The average Bonchev–Trinajstić information content (AvgIpc) is 2.39. The largest absolute Gasteiger partial charge is 0.384 e. The van der Waals surface area contributed by atoms with E-state index in [0.29, 0.717) is 18.3 Å². The first-order valence-corrected chi connectivity index (χ1v) is 5.93. The van der Waals surface area contributed by atoms with Crippen molar-refractivity contribution in [2.45, 2.75) is 32.3 Å². The van der Waals surface area contributed by atoms with Gasteiger partial charge in [-0.3, -0.25) is 4.79 Å². The molecule has 0 aromatic heterocycles. The van der Waals surface area contributed by atoms with E-state index in [1.54, 1.807) is 30.3 Å². The molecule has 0 fully saturated rings. The van der Waals surface area contributed by atoms with Gasteiger partial charge in [0.15, 0.2) is 5.78 Å². The number of aldehydes is 1. The third kappa shape index (κ3) is 3.79. The first kappa shape index (κ1) is 13.6. The van der Waals surface area contributed by atoms with Crippen LogP contribution in [0.5, 0.6) is 0 Å². The Hall–Kier alpha value is -1.48. The van der Waals surface area contributed by atoms with Gasteiger partial charge in [0.25, 0.3) is 0 Å². The smallest absolute Gasteiger partial charge is 0.191 e. The summed E-state index contributed by atoms with van der Waals surface area (Å²) in [5, 5.41) is 9.88. The van der Waals surface area contributed by atoms with Crippen molar-refractivity contribution >= 4 is 12.1 Å². The fraction of sp³-hybridized carbons (Fsp3) is 0.429. The highest BCUT2D eigenvalue weighted by molar-refractivity contribution is 6.00. The van der Waals surface area contributed by atoms with Crippen LogP contribution in [0, 0.1) is 5.92 Å². The molecule has 0 unspecified atom stereocenters. The summed E-state index contributed by atoms with van der Waals surface area (Å²) in [6.45, 7) is 2.01. The van der Waals surface area contributed by atoms with Crippen molar-refractivity contribution in [3.63, 3.8) is 0 Å². The summed E-state index contributed by atoms with van der Waals surface area (Å²) in [4.78, 5) is 22.8. The summed E-state index contributed by atoms with van der Waals surface area (Å²) >= 11 is 0. The highest BCUT2D eigenvalue weighted by atomic mass is 16.3. The molecular weight excluding hydrogens is 216 g/mol. The normalized spacial score (nSPS) is 14.0.